The molecule has 0 aromatic heterocycles. The molecule has 0 bridgehead atoms. The molecule has 2 fully saturated rings. The SMILES string of the molecule is C(CCCCCCN1CCNCCNCCNCC1)CCCCCSSCCCCCCCCCCCCN1CCNCCNCCNCC1. The lowest BCUT2D eigenvalue weighted by Crippen LogP contribution is -2.42. The fourth-order valence-electron chi connectivity index (χ4n) is 7.02. The van der Waals surface area contributed by atoms with E-state index in [4.69, 9.17) is 0 Å². The zero-order chi connectivity index (χ0) is 35.1. The molecule has 0 radical (unpaired) electrons. The Bertz CT molecular complexity index is 587. The van der Waals surface area contributed by atoms with E-state index in [0.29, 0.717) is 0 Å². The van der Waals surface area contributed by atoms with E-state index in [1.165, 1.54) is 179 Å². The van der Waals surface area contributed by atoms with Crippen molar-refractivity contribution >= 4 is 21.6 Å². The molecule has 0 atom stereocenters. The Balaban J connectivity index is 1.22. The average Bonchev–Trinajstić information content (AvgIpc) is 3.11. The minimum Gasteiger partial charge on any atom is -0.314 e. The van der Waals surface area contributed by atoms with Gasteiger partial charge in [-0.2, -0.15) is 0 Å². The summed E-state index contributed by atoms with van der Waals surface area (Å²) in [4.78, 5) is 5.32. The first-order chi connectivity index (χ1) is 24.9. The van der Waals surface area contributed by atoms with Crippen molar-refractivity contribution in [3.63, 3.8) is 0 Å². The maximum atomic E-state index is 3.58. The van der Waals surface area contributed by atoms with Gasteiger partial charge in [0.1, 0.15) is 0 Å². The van der Waals surface area contributed by atoms with Gasteiger partial charge in [0.05, 0.1) is 0 Å². The fraction of sp³-hybridized carbons (Fsp3) is 1.00. The van der Waals surface area contributed by atoms with Crippen LogP contribution in [0.15, 0.2) is 0 Å². The molecule has 2 aliphatic rings. The predicted octanol–water partition coefficient (Wildman–Crippen LogP) is 6.34. The van der Waals surface area contributed by atoms with E-state index in [-0.39, 0.29) is 0 Å². The Morgan fingerprint density at radius 3 is 0.760 bits per heavy atom. The number of rotatable bonds is 27. The Morgan fingerprint density at radius 2 is 0.480 bits per heavy atom. The molecule has 0 saturated carbocycles. The number of hydrogen-bond donors (Lipinski definition) is 6. The van der Waals surface area contributed by atoms with Crippen LogP contribution in [0.4, 0.5) is 0 Å². The van der Waals surface area contributed by atoms with Gasteiger partial charge in [0, 0.05) is 116 Å². The molecule has 6 N–H and O–H groups in total. The monoisotopic (exact) mass is 743 g/mol. The van der Waals surface area contributed by atoms with Crippen LogP contribution in [0.2, 0.25) is 0 Å². The quantitative estimate of drug-likeness (QED) is 0.0425. The van der Waals surface area contributed by atoms with Crippen LogP contribution in [0.25, 0.3) is 0 Å². The van der Waals surface area contributed by atoms with Crippen molar-refractivity contribution < 1.29 is 0 Å². The van der Waals surface area contributed by atoms with Crippen LogP contribution >= 0.6 is 21.6 Å². The Hall–Kier alpha value is 0.380. The van der Waals surface area contributed by atoms with E-state index in [1.807, 2.05) is 0 Å². The van der Waals surface area contributed by atoms with Gasteiger partial charge in [-0.1, -0.05) is 124 Å². The first kappa shape index (κ1) is 46.5. The topological polar surface area (TPSA) is 78.7 Å². The standard InChI is InChI=1S/C40H86N8S2/c1(5-9-13-17-33-47-35-29-43-25-21-41-22-26-44-30-36-47)3-7-11-15-19-39-49-50-40-20-16-12-8-4-2-6-10-14-18-34-48-37-31-45-27-23-42-24-28-46-32-38-48/h41-46H,1-40H2. The molecular formula is C40H86N8S2. The predicted molar refractivity (Wildman–Crippen MR) is 227 cm³/mol. The Labute approximate surface area is 319 Å². The van der Waals surface area contributed by atoms with Gasteiger partial charge in [-0.3, -0.25) is 0 Å². The summed E-state index contributed by atoms with van der Waals surface area (Å²) >= 11 is 0. The average molecular weight is 743 g/mol. The van der Waals surface area contributed by atoms with Crippen molar-refractivity contribution in [3.8, 4) is 0 Å². The molecule has 50 heavy (non-hydrogen) atoms. The fourth-order valence-corrected chi connectivity index (χ4v) is 9.31. The molecule has 8 nitrogen and oxygen atoms in total. The molecule has 2 rings (SSSR count). The molecule has 0 spiro atoms. The van der Waals surface area contributed by atoms with Crippen LogP contribution < -0.4 is 31.9 Å². The second kappa shape index (κ2) is 39.1. The van der Waals surface area contributed by atoms with Crippen LogP contribution in [-0.2, 0) is 0 Å². The van der Waals surface area contributed by atoms with Gasteiger partial charge in [0.2, 0.25) is 0 Å². The third-order valence-electron chi connectivity index (χ3n) is 10.3. The number of unbranched alkanes of at least 4 members (excludes halogenated alkanes) is 18. The lowest BCUT2D eigenvalue weighted by molar-refractivity contribution is 0.264. The van der Waals surface area contributed by atoms with Gasteiger partial charge < -0.3 is 41.7 Å². The van der Waals surface area contributed by atoms with Gasteiger partial charge in [0.25, 0.3) is 0 Å². The second-order valence-corrected chi connectivity index (χ2v) is 17.6. The highest BCUT2D eigenvalue weighted by Gasteiger charge is 2.07. The normalized spacial score (nSPS) is 19.0. The van der Waals surface area contributed by atoms with Crippen molar-refractivity contribution in [1.29, 1.82) is 0 Å². The van der Waals surface area contributed by atoms with Gasteiger partial charge in [-0.25, -0.2) is 0 Å². The van der Waals surface area contributed by atoms with Crippen molar-refractivity contribution in [3.05, 3.63) is 0 Å². The van der Waals surface area contributed by atoms with Crippen LogP contribution in [-0.4, -0.2) is 139 Å². The van der Waals surface area contributed by atoms with Crippen molar-refractivity contribution in [1.82, 2.24) is 41.7 Å². The van der Waals surface area contributed by atoms with E-state index < -0.39 is 0 Å². The molecule has 10 heteroatoms. The molecule has 0 aromatic rings. The van der Waals surface area contributed by atoms with E-state index in [1.54, 1.807) is 0 Å². The maximum absolute atomic E-state index is 3.58. The number of hydrogen-bond acceptors (Lipinski definition) is 10. The third-order valence-corrected chi connectivity index (χ3v) is 12.9. The molecule has 2 aliphatic heterocycles. The summed E-state index contributed by atoms with van der Waals surface area (Å²) in [5.41, 5.74) is 0. The summed E-state index contributed by atoms with van der Waals surface area (Å²) in [6.45, 7) is 20.5. The smallest absolute Gasteiger partial charge is 0.0107 e. The van der Waals surface area contributed by atoms with Gasteiger partial charge in [-0.05, 0) is 38.8 Å². The van der Waals surface area contributed by atoms with Crippen molar-refractivity contribution in [2.24, 2.45) is 0 Å². The summed E-state index contributed by atoms with van der Waals surface area (Å²) in [5.74, 6) is 2.71. The lowest BCUT2D eigenvalue weighted by Gasteiger charge is -2.23. The molecule has 0 aliphatic carbocycles. The molecule has 0 unspecified atom stereocenters. The Morgan fingerprint density at radius 1 is 0.260 bits per heavy atom. The van der Waals surface area contributed by atoms with E-state index in [9.17, 15) is 0 Å². The van der Waals surface area contributed by atoms with E-state index in [0.717, 1.165) is 78.5 Å². The minimum atomic E-state index is 1.08. The van der Waals surface area contributed by atoms with Crippen LogP contribution in [0.1, 0.15) is 128 Å². The molecular weight excluding hydrogens is 657 g/mol. The summed E-state index contributed by atoms with van der Waals surface area (Å²) in [7, 11) is 4.27. The minimum absolute atomic E-state index is 1.08. The highest BCUT2D eigenvalue weighted by Crippen LogP contribution is 2.25. The third kappa shape index (κ3) is 33.0. The zero-order valence-corrected chi connectivity index (χ0v) is 34.6. The molecule has 2 saturated heterocycles. The highest BCUT2D eigenvalue weighted by molar-refractivity contribution is 8.76. The zero-order valence-electron chi connectivity index (χ0n) is 33.0. The number of nitrogens with one attached hydrogen (secondary N) is 6. The van der Waals surface area contributed by atoms with E-state index in [2.05, 4.69) is 63.3 Å². The summed E-state index contributed by atoms with van der Waals surface area (Å²) < 4.78 is 0. The van der Waals surface area contributed by atoms with Crippen molar-refractivity contribution in [2.75, 3.05) is 129 Å². The molecule has 2 heterocycles. The lowest BCUT2D eigenvalue weighted by atomic mass is 10.1. The van der Waals surface area contributed by atoms with Crippen LogP contribution in [0.3, 0.4) is 0 Å². The molecule has 0 aromatic carbocycles. The van der Waals surface area contributed by atoms with Gasteiger partial charge in [-0.15, -0.1) is 0 Å². The second-order valence-electron chi connectivity index (χ2n) is 14.9. The maximum Gasteiger partial charge on any atom is 0.0107 e. The first-order valence-electron chi connectivity index (χ1n) is 21.9. The highest BCUT2D eigenvalue weighted by atomic mass is 33.1. The largest absolute Gasteiger partial charge is 0.314 e. The van der Waals surface area contributed by atoms with E-state index >= 15 is 0 Å². The summed E-state index contributed by atoms with van der Waals surface area (Å²) in [5, 5.41) is 21.3. The van der Waals surface area contributed by atoms with Crippen molar-refractivity contribution in [2.45, 2.75) is 128 Å². The van der Waals surface area contributed by atoms with Gasteiger partial charge in [0.15, 0.2) is 0 Å². The van der Waals surface area contributed by atoms with Gasteiger partial charge >= 0.3 is 0 Å². The van der Waals surface area contributed by atoms with Crippen LogP contribution in [0, 0.1) is 0 Å². The first-order valence-corrected chi connectivity index (χ1v) is 24.4. The molecule has 298 valence electrons. The summed E-state index contributed by atoms with van der Waals surface area (Å²) in [6, 6.07) is 0. The molecule has 0 amide bonds. The number of nitrogens with zero attached hydrogens (tertiary/aromatic N) is 2. The van der Waals surface area contributed by atoms with Crippen LogP contribution in [0.5, 0.6) is 0 Å². The Kier molecular flexibility index (Phi) is 36.4. The summed E-state index contributed by atoms with van der Waals surface area (Å²) in [6.07, 6.45) is 28.6.